The van der Waals surface area contributed by atoms with E-state index in [1.807, 2.05) is 0 Å². The Labute approximate surface area is 67.0 Å². The first-order valence-electron chi connectivity index (χ1n) is 4.22. The third kappa shape index (κ3) is 2.83. The van der Waals surface area contributed by atoms with E-state index >= 15 is 0 Å². The quantitative estimate of drug-likeness (QED) is 0.498. The standard InChI is InChI=1S/C9H14O2/c1-7-2-4-8(10)6-9(11)5-3-7/h7H,2-6H2,1H3. The number of hydrogen-bond acceptors (Lipinski definition) is 2. The summed E-state index contributed by atoms with van der Waals surface area (Å²) >= 11 is 0. The van der Waals surface area contributed by atoms with Gasteiger partial charge in [0.25, 0.3) is 0 Å². The summed E-state index contributed by atoms with van der Waals surface area (Å²) in [6.45, 7) is 2.10. The number of Topliss-reactive ketones (excluding diaryl/α,β-unsaturated/α-hetero) is 2. The fraction of sp³-hybridized carbons (Fsp3) is 0.778. The molecule has 0 unspecified atom stereocenters. The number of rotatable bonds is 0. The number of carbonyl (C=O) groups excluding carboxylic acids is 2. The molecule has 1 rings (SSSR count). The molecule has 2 heteroatoms. The van der Waals surface area contributed by atoms with Crippen LogP contribution in [0.15, 0.2) is 0 Å². The normalized spacial score (nSPS) is 23.0. The Balaban J connectivity index is 2.47. The fourth-order valence-corrected chi connectivity index (χ4v) is 1.36. The minimum absolute atomic E-state index is 0.126. The molecule has 0 aromatic heterocycles. The summed E-state index contributed by atoms with van der Waals surface area (Å²) in [6.07, 6.45) is 3.32. The maximum atomic E-state index is 11.0. The Morgan fingerprint density at radius 2 is 1.55 bits per heavy atom. The van der Waals surface area contributed by atoms with Crippen molar-refractivity contribution in [1.29, 1.82) is 0 Å². The average molecular weight is 154 g/mol. The van der Waals surface area contributed by atoms with Gasteiger partial charge in [0.05, 0.1) is 6.42 Å². The topological polar surface area (TPSA) is 34.1 Å². The number of hydrogen-bond donors (Lipinski definition) is 0. The molecule has 0 radical (unpaired) electrons. The van der Waals surface area contributed by atoms with Gasteiger partial charge in [0.2, 0.25) is 0 Å². The largest absolute Gasteiger partial charge is 0.299 e. The van der Waals surface area contributed by atoms with Crippen molar-refractivity contribution in [2.75, 3.05) is 0 Å². The van der Waals surface area contributed by atoms with E-state index in [-0.39, 0.29) is 18.0 Å². The second-order valence-electron chi connectivity index (χ2n) is 3.44. The molecular formula is C9H14O2. The zero-order chi connectivity index (χ0) is 8.27. The van der Waals surface area contributed by atoms with E-state index < -0.39 is 0 Å². The van der Waals surface area contributed by atoms with Crippen LogP contribution in [-0.4, -0.2) is 11.6 Å². The lowest BCUT2D eigenvalue weighted by atomic mass is 9.91. The Kier molecular flexibility index (Phi) is 2.80. The van der Waals surface area contributed by atoms with Gasteiger partial charge in [-0.2, -0.15) is 0 Å². The maximum absolute atomic E-state index is 11.0. The van der Waals surface area contributed by atoms with Crippen molar-refractivity contribution in [1.82, 2.24) is 0 Å². The van der Waals surface area contributed by atoms with Gasteiger partial charge in [-0.25, -0.2) is 0 Å². The summed E-state index contributed by atoms with van der Waals surface area (Å²) < 4.78 is 0. The molecule has 0 aromatic carbocycles. The van der Waals surface area contributed by atoms with E-state index in [2.05, 4.69) is 6.92 Å². The van der Waals surface area contributed by atoms with Crippen molar-refractivity contribution in [3.8, 4) is 0 Å². The van der Waals surface area contributed by atoms with Gasteiger partial charge in [0, 0.05) is 12.8 Å². The van der Waals surface area contributed by atoms with E-state index in [4.69, 9.17) is 0 Å². The molecule has 11 heavy (non-hydrogen) atoms. The third-order valence-electron chi connectivity index (χ3n) is 2.23. The number of ketones is 2. The first-order chi connectivity index (χ1) is 5.18. The Bertz CT molecular complexity index is 154. The first kappa shape index (κ1) is 8.44. The molecule has 2 nitrogen and oxygen atoms in total. The van der Waals surface area contributed by atoms with Crippen molar-refractivity contribution >= 4 is 11.6 Å². The maximum Gasteiger partial charge on any atom is 0.140 e. The molecule has 0 N–H and O–H groups in total. The zero-order valence-corrected chi connectivity index (χ0v) is 6.93. The van der Waals surface area contributed by atoms with Crippen molar-refractivity contribution < 1.29 is 9.59 Å². The van der Waals surface area contributed by atoms with E-state index in [9.17, 15) is 9.59 Å². The molecular weight excluding hydrogens is 140 g/mol. The lowest BCUT2D eigenvalue weighted by molar-refractivity contribution is -0.128. The highest BCUT2D eigenvalue weighted by molar-refractivity contribution is 5.99. The molecule has 0 saturated heterocycles. The van der Waals surface area contributed by atoms with Crippen LogP contribution in [0.4, 0.5) is 0 Å². The van der Waals surface area contributed by atoms with Crippen molar-refractivity contribution in [2.45, 2.75) is 39.0 Å². The number of carbonyl (C=O) groups is 2. The Morgan fingerprint density at radius 1 is 1.09 bits per heavy atom. The SMILES string of the molecule is CC1CCC(=O)CC(=O)CC1. The van der Waals surface area contributed by atoms with Gasteiger partial charge in [0.1, 0.15) is 11.6 Å². The summed E-state index contributed by atoms with van der Waals surface area (Å²) in [4.78, 5) is 21.9. The lowest BCUT2D eigenvalue weighted by Crippen LogP contribution is -2.13. The summed E-state index contributed by atoms with van der Waals surface area (Å²) in [5, 5.41) is 0. The summed E-state index contributed by atoms with van der Waals surface area (Å²) in [6, 6.07) is 0. The minimum atomic E-state index is 0.126. The van der Waals surface area contributed by atoms with Gasteiger partial charge < -0.3 is 0 Å². The summed E-state index contributed by atoms with van der Waals surface area (Å²) in [7, 11) is 0. The van der Waals surface area contributed by atoms with E-state index in [1.165, 1.54) is 0 Å². The fourth-order valence-electron chi connectivity index (χ4n) is 1.36. The van der Waals surface area contributed by atoms with Crippen LogP contribution in [0.25, 0.3) is 0 Å². The molecule has 0 spiro atoms. The van der Waals surface area contributed by atoms with Crippen LogP contribution in [0.3, 0.4) is 0 Å². The zero-order valence-electron chi connectivity index (χ0n) is 6.93. The molecule has 0 atom stereocenters. The van der Waals surface area contributed by atoms with Gasteiger partial charge in [-0.05, 0) is 18.8 Å². The van der Waals surface area contributed by atoms with Crippen LogP contribution >= 0.6 is 0 Å². The Morgan fingerprint density at radius 3 is 2.00 bits per heavy atom. The van der Waals surface area contributed by atoms with Crippen molar-refractivity contribution in [2.24, 2.45) is 5.92 Å². The second-order valence-corrected chi connectivity index (χ2v) is 3.44. The Hall–Kier alpha value is -0.660. The molecule has 0 heterocycles. The highest BCUT2D eigenvalue weighted by Gasteiger charge is 2.16. The van der Waals surface area contributed by atoms with Crippen LogP contribution < -0.4 is 0 Å². The molecule has 0 aromatic rings. The monoisotopic (exact) mass is 154 g/mol. The van der Waals surface area contributed by atoms with Crippen LogP contribution in [0, 0.1) is 5.92 Å². The van der Waals surface area contributed by atoms with Crippen LogP contribution in [0.1, 0.15) is 39.0 Å². The van der Waals surface area contributed by atoms with Gasteiger partial charge in [-0.1, -0.05) is 6.92 Å². The molecule has 1 aliphatic rings. The van der Waals surface area contributed by atoms with Crippen LogP contribution in [-0.2, 0) is 9.59 Å². The molecule has 0 aliphatic heterocycles. The predicted molar refractivity (Wildman–Crippen MR) is 42.3 cm³/mol. The van der Waals surface area contributed by atoms with E-state index in [0.717, 1.165) is 12.8 Å². The van der Waals surface area contributed by atoms with Gasteiger partial charge >= 0.3 is 0 Å². The molecule has 0 amide bonds. The predicted octanol–water partition coefficient (Wildman–Crippen LogP) is 1.72. The van der Waals surface area contributed by atoms with Gasteiger partial charge in [0.15, 0.2) is 0 Å². The summed E-state index contributed by atoms with van der Waals surface area (Å²) in [5.74, 6) is 0.798. The van der Waals surface area contributed by atoms with Crippen LogP contribution in [0.2, 0.25) is 0 Å². The second kappa shape index (κ2) is 3.65. The molecule has 1 fully saturated rings. The van der Waals surface area contributed by atoms with E-state index in [0.29, 0.717) is 18.8 Å². The highest BCUT2D eigenvalue weighted by Crippen LogP contribution is 2.17. The molecule has 1 saturated carbocycles. The van der Waals surface area contributed by atoms with Gasteiger partial charge in [-0.3, -0.25) is 9.59 Å². The smallest absolute Gasteiger partial charge is 0.140 e. The van der Waals surface area contributed by atoms with Crippen molar-refractivity contribution in [3.63, 3.8) is 0 Å². The third-order valence-corrected chi connectivity index (χ3v) is 2.23. The molecule has 1 aliphatic carbocycles. The molecule has 62 valence electrons. The highest BCUT2D eigenvalue weighted by atomic mass is 16.1. The first-order valence-corrected chi connectivity index (χ1v) is 4.22. The van der Waals surface area contributed by atoms with Crippen LogP contribution in [0.5, 0.6) is 0 Å². The lowest BCUT2D eigenvalue weighted by Gasteiger charge is -2.12. The average Bonchev–Trinajstić information content (AvgIpc) is 1.95. The minimum Gasteiger partial charge on any atom is -0.299 e. The molecule has 0 bridgehead atoms. The van der Waals surface area contributed by atoms with E-state index in [1.54, 1.807) is 0 Å². The van der Waals surface area contributed by atoms with Gasteiger partial charge in [-0.15, -0.1) is 0 Å². The summed E-state index contributed by atoms with van der Waals surface area (Å²) in [5.41, 5.74) is 0. The van der Waals surface area contributed by atoms with Crippen molar-refractivity contribution in [3.05, 3.63) is 0 Å².